The number of benzene rings is 1. The molecule has 0 saturated carbocycles. The number of nitrogen functional groups attached to an aromatic ring is 1. The number of anilines is 1. The third-order valence-corrected chi connectivity index (χ3v) is 12.0. The van der Waals surface area contributed by atoms with Gasteiger partial charge in [0.2, 0.25) is 35.4 Å². The predicted molar refractivity (Wildman–Crippen MR) is 279 cm³/mol. The Morgan fingerprint density at radius 2 is 1.10 bits per heavy atom. The number of carboxylic acids is 3. The number of unbranched alkanes of at least 4 members (excludes halogenated alkanes) is 1. The molecule has 30 heteroatoms. The molecule has 2 rings (SSSR count). The molecule has 13 N–H and O–H groups in total. The fourth-order valence-corrected chi connectivity index (χ4v) is 8.02. The number of amides is 7. The van der Waals surface area contributed by atoms with E-state index in [0.717, 1.165) is 0 Å². The quantitative estimate of drug-likeness (QED) is 0.0219. The lowest BCUT2D eigenvalue weighted by atomic mass is 9.74. The Hall–Kier alpha value is -7.02. The molecule has 0 saturated heterocycles. The molecule has 0 aliphatic rings. The highest BCUT2D eigenvalue weighted by atomic mass is 32.2. The van der Waals surface area contributed by atoms with E-state index in [1.165, 1.54) is 11.9 Å². The standard InChI is InChI=1S/C48H76N12O17S/c1-47(2,45-56-59-60-57-45)30-48(3,4)46(73)58-78-27-7-9-36(61)50-19-21-74-23-26-77-29-40(65)55-35(44(71)72)15-17-38(63)53-34(43(69)70)14-16-37(62)51-20-22-75-24-25-76-28-39(64)54-33(42(67)68)8-5-6-18-52-41(66)31-10-12-32(49)13-11-31/h10-13,33-35H,5-9,14-30,49H2,1-4H3,(H,50,61)(H,51,62)(H,52,66)(H,53,63)(H,54,64)(H,55,65)(H,58,73)(H,67,68)(H,69,70)(H,71,72)(H,56,57,59,60). The van der Waals surface area contributed by atoms with Gasteiger partial charge in [0.15, 0.2) is 5.82 Å². The number of nitrogens with two attached hydrogens (primary N) is 1. The van der Waals surface area contributed by atoms with Crippen LogP contribution in [0.15, 0.2) is 24.3 Å². The average Bonchev–Trinajstić information content (AvgIpc) is 3.94. The van der Waals surface area contributed by atoms with E-state index in [2.05, 4.69) is 57.2 Å². The predicted octanol–water partition coefficient (Wildman–Crippen LogP) is -0.812. The van der Waals surface area contributed by atoms with Crippen LogP contribution in [0.25, 0.3) is 0 Å². The zero-order valence-electron chi connectivity index (χ0n) is 44.5. The van der Waals surface area contributed by atoms with Crippen LogP contribution < -0.4 is 42.4 Å². The summed E-state index contributed by atoms with van der Waals surface area (Å²) >= 11 is 1.22. The summed E-state index contributed by atoms with van der Waals surface area (Å²) in [6.45, 7) is 7.38. The van der Waals surface area contributed by atoms with Crippen molar-refractivity contribution < 1.29 is 82.2 Å². The van der Waals surface area contributed by atoms with E-state index in [-0.39, 0.29) is 103 Å². The topological polar surface area (TPSA) is 433 Å². The Labute approximate surface area is 455 Å². The number of aromatic amines is 1. The summed E-state index contributed by atoms with van der Waals surface area (Å²) < 4.78 is 24.0. The van der Waals surface area contributed by atoms with Crippen molar-refractivity contribution in [1.29, 1.82) is 0 Å². The van der Waals surface area contributed by atoms with Crippen molar-refractivity contribution in [3.05, 3.63) is 35.7 Å². The van der Waals surface area contributed by atoms with E-state index in [1.54, 1.807) is 24.3 Å². The van der Waals surface area contributed by atoms with Crippen molar-refractivity contribution in [1.82, 2.24) is 57.2 Å². The number of carbonyl (C=O) groups is 10. The minimum absolute atomic E-state index is 0.0246. The number of hydrogen-bond donors (Lipinski definition) is 12. The molecule has 1 heterocycles. The number of nitrogens with one attached hydrogen (secondary N) is 8. The molecule has 7 amide bonds. The van der Waals surface area contributed by atoms with Gasteiger partial charge in [-0.25, -0.2) is 14.4 Å². The Morgan fingerprint density at radius 1 is 0.603 bits per heavy atom. The number of carboxylic acid groups (broad SMARTS) is 3. The lowest BCUT2D eigenvalue weighted by molar-refractivity contribution is -0.144. The molecule has 3 atom stereocenters. The maximum atomic E-state index is 12.8. The SMILES string of the molecule is CC(C)(CC(C)(C)c1nn[nH]n1)C(=O)NSCCCC(=O)NCCOCCOCC(=O)NC(CCC(=O)NC(CCC(=O)NCCOCCOCC(=O)NC(CCCCNC(=O)c1ccc(N)cc1)C(=O)O)C(=O)O)C(=O)O. The van der Waals surface area contributed by atoms with E-state index >= 15 is 0 Å². The molecule has 0 aliphatic heterocycles. The van der Waals surface area contributed by atoms with Crippen molar-refractivity contribution in [2.24, 2.45) is 5.41 Å². The summed E-state index contributed by atoms with van der Waals surface area (Å²) in [6, 6.07) is 2.25. The third kappa shape index (κ3) is 29.5. The molecule has 78 heavy (non-hydrogen) atoms. The highest BCUT2D eigenvalue weighted by Gasteiger charge is 2.38. The maximum absolute atomic E-state index is 12.8. The Bertz CT molecular complexity index is 2220. The average molecular weight is 1130 g/mol. The lowest BCUT2D eigenvalue weighted by Gasteiger charge is -2.31. The van der Waals surface area contributed by atoms with Crippen molar-refractivity contribution in [2.75, 3.05) is 84.0 Å². The van der Waals surface area contributed by atoms with Gasteiger partial charge < -0.3 is 71.9 Å². The van der Waals surface area contributed by atoms with Crippen LogP contribution in [0, 0.1) is 5.41 Å². The molecule has 3 unspecified atom stereocenters. The van der Waals surface area contributed by atoms with Crippen LogP contribution in [0.2, 0.25) is 0 Å². The van der Waals surface area contributed by atoms with Crippen molar-refractivity contribution in [2.45, 2.75) is 115 Å². The first-order valence-corrected chi connectivity index (χ1v) is 26.2. The Morgan fingerprint density at radius 3 is 1.63 bits per heavy atom. The minimum atomic E-state index is -1.50. The number of aromatic nitrogens is 4. The van der Waals surface area contributed by atoms with E-state index in [9.17, 15) is 63.3 Å². The van der Waals surface area contributed by atoms with Gasteiger partial charge in [-0.15, -0.1) is 10.2 Å². The van der Waals surface area contributed by atoms with Gasteiger partial charge in [0.25, 0.3) is 5.91 Å². The van der Waals surface area contributed by atoms with Crippen LogP contribution in [0.1, 0.15) is 108 Å². The summed E-state index contributed by atoms with van der Waals surface area (Å²) in [5.41, 5.74) is 5.39. The number of H-pyrrole nitrogens is 1. The van der Waals surface area contributed by atoms with Gasteiger partial charge in [0.1, 0.15) is 31.3 Å². The second-order valence-electron chi connectivity index (χ2n) is 18.9. The molecule has 436 valence electrons. The molecular formula is C48H76N12O17S. The van der Waals surface area contributed by atoms with E-state index in [1.807, 2.05) is 27.7 Å². The second-order valence-corrected chi connectivity index (χ2v) is 19.8. The monoisotopic (exact) mass is 1120 g/mol. The summed E-state index contributed by atoms with van der Waals surface area (Å²) in [6.07, 6.45) is 0.816. The third-order valence-electron chi connectivity index (χ3n) is 11.2. The molecule has 0 fully saturated rings. The van der Waals surface area contributed by atoms with Crippen LogP contribution in [0.3, 0.4) is 0 Å². The number of ether oxygens (including phenoxy) is 4. The molecule has 29 nitrogen and oxygen atoms in total. The van der Waals surface area contributed by atoms with E-state index in [0.29, 0.717) is 55.1 Å². The zero-order valence-corrected chi connectivity index (χ0v) is 45.3. The van der Waals surface area contributed by atoms with Crippen molar-refractivity contribution in [3.8, 4) is 0 Å². The fourth-order valence-electron chi connectivity index (χ4n) is 7.22. The van der Waals surface area contributed by atoms with Gasteiger partial charge in [-0.05, 0) is 69.2 Å². The van der Waals surface area contributed by atoms with Gasteiger partial charge in [0.05, 0.1) is 39.6 Å². The molecule has 1 aromatic carbocycles. The Kier molecular flexibility index (Phi) is 31.7. The van der Waals surface area contributed by atoms with Gasteiger partial charge in [-0.1, -0.05) is 44.9 Å². The number of aliphatic carboxylic acids is 3. The van der Waals surface area contributed by atoms with Gasteiger partial charge >= 0.3 is 17.9 Å². The van der Waals surface area contributed by atoms with Crippen LogP contribution in [-0.2, 0) is 67.5 Å². The molecule has 0 spiro atoms. The minimum Gasteiger partial charge on any atom is -0.480 e. The van der Waals surface area contributed by atoms with E-state index in [4.69, 9.17) is 24.7 Å². The normalized spacial score (nSPS) is 12.5. The van der Waals surface area contributed by atoms with Gasteiger partial charge in [-0.2, -0.15) is 5.21 Å². The summed E-state index contributed by atoms with van der Waals surface area (Å²) in [4.78, 5) is 122. The summed E-state index contributed by atoms with van der Waals surface area (Å²) in [7, 11) is 0. The van der Waals surface area contributed by atoms with Crippen molar-refractivity contribution >= 4 is 76.9 Å². The zero-order chi connectivity index (χ0) is 57.9. The number of hydrogen-bond acceptors (Lipinski definition) is 19. The van der Waals surface area contributed by atoms with Gasteiger partial charge in [0, 0.05) is 66.7 Å². The lowest BCUT2D eigenvalue weighted by Crippen LogP contribution is -2.45. The molecule has 0 bridgehead atoms. The fraction of sp³-hybridized carbons (Fsp3) is 0.646. The highest BCUT2D eigenvalue weighted by Crippen LogP contribution is 2.35. The first-order valence-electron chi connectivity index (χ1n) is 25.2. The van der Waals surface area contributed by atoms with Gasteiger partial charge in [-0.3, -0.25) is 38.3 Å². The molecule has 0 aliphatic carbocycles. The summed E-state index contributed by atoms with van der Waals surface area (Å²) in [5, 5.41) is 57.6. The van der Waals surface area contributed by atoms with Crippen LogP contribution in [0.5, 0.6) is 0 Å². The molecular weight excluding hydrogens is 1050 g/mol. The maximum Gasteiger partial charge on any atom is 0.326 e. The first-order chi connectivity index (χ1) is 37.0. The molecule has 1 aromatic heterocycles. The molecule has 2 aromatic rings. The van der Waals surface area contributed by atoms with E-state index < -0.39 is 90.1 Å². The largest absolute Gasteiger partial charge is 0.480 e. The summed E-state index contributed by atoms with van der Waals surface area (Å²) in [5.74, 6) is -6.51. The Balaban J connectivity index is 1.49. The van der Waals surface area contributed by atoms with Crippen molar-refractivity contribution in [3.63, 3.8) is 0 Å². The smallest absolute Gasteiger partial charge is 0.326 e. The van der Waals surface area contributed by atoms with Crippen LogP contribution in [-0.4, -0.2) is 192 Å². The molecule has 0 radical (unpaired) electrons. The number of rotatable bonds is 43. The number of nitrogens with zero attached hydrogens (tertiary/aromatic N) is 3. The van der Waals surface area contributed by atoms with Crippen LogP contribution >= 0.6 is 11.9 Å². The second kappa shape index (κ2) is 36.9. The first kappa shape index (κ1) is 67.1. The van der Waals surface area contributed by atoms with Crippen LogP contribution in [0.4, 0.5) is 5.69 Å². The highest BCUT2D eigenvalue weighted by molar-refractivity contribution is 7.97. The number of tetrazole rings is 1. The number of carbonyl (C=O) groups excluding carboxylic acids is 7.